The molecular weight excluding hydrogens is 504 g/mol. The Morgan fingerprint density at radius 1 is 1.14 bits per heavy atom. The highest BCUT2D eigenvalue weighted by molar-refractivity contribution is 6.30. The Kier molecular flexibility index (Phi) is 7.31. The minimum Gasteiger partial charge on any atom is -0.355 e. The van der Waals surface area contributed by atoms with Crippen molar-refractivity contribution in [2.45, 2.75) is 45.8 Å². The lowest BCUT2D eigenvalue weighted by Gasteiger charge is -2.35. The van der Waals surface area contributed by atoms with Crippen LogP contribution in [0.4, 0.5) is 14.7 Å². The van der Waals surface area contributed by atoms with Crippen LogP contribution in [0.5, 0.6) is 0 Å². The van der Waals surface area contributed by atoms with E-state index in [1.54, 1.807) is 31.2 Å². The van der Waals surface area contributed by atoms with Gasteiger partial charge in [-0.25, -0.2) is 18.3 Å². The van der Waals surface area contributed by atoms with Gasteiger partial charge in [0, 0.05) is 30.3 Å². The van der Waals surface area contributed by atoms with Crippen molar-refractivity contribution in [2.24, 2.45) is 0 Å². The lowest BCUT2D eigenvalue weighted by molar-refractivity contribution is 0.0647. The quantitative estimate of drug-likeness (QED) is 0.488. The zero-order valence-corrected chi connectivity index (χ0v) is 21.5. The van der Waals surface area contributed by atoms with E-state index in [4.69, 9.17) is 11.6 Å². The van der Waals surface area contributed by atoms with Gasteiger partial charge < -0.3 is 15.5 Å². The first-order chi connectivity index (χ1) is 17.5. The van der Waals surface area contributed by atoms with Gasteiger partial charge in [-0.3, -0.25) is 14.4 Å². The van der Waals surface area contributed by atoms with Gasteiger partial charge in [-0.15, -0.1) is 0 Å². The molecule has 2 heterocycles. The standard InChI is InChI=1S/C26H26ClF2N5O3/c1-13(2)31-26-32-22-12-33(24(36)17-10-21(29)19(27)11-20(17)28)14(3)9-18(22)25(37)34(26)16-7-5-15(6-8-16)23(35)30-4/h5-8,10-11,13-14H,9,12H2,1-4H3,(H,30,35)(H,31,32)/t14-/m1/s1. The van der Waals surface area contributed by atoms with Crippen molar-refractivity contribution in [1.29, 1.82) is 0 Å². The minimum atomic E-state index is -0.930. The number of hydrogen-bond acceptors (Lipinski definition) is 5. The molecule has 0 spiro atoms. The van der Waals surface area contributed by atoms with E-state index < -0.39 is 34.2 Å². The molecule has 1 atom stereocenters. The molecule has 194 valence electrons. The molecule has 2 aromatic carbocycles. The predicted octanol–water partition coefficient (Wildman–Crippen LogP) is 3.93. The molecule has 0 saturated carbocycles. The summed E-state index contributed by atoms with van der Waals surface area (Å²) in [5.74, 6) is -2.54. The van der Waals surface area contributed by atoms with Crippen LogP contribution in [-0.4, -0.2) is 45.4 Å². The van der Waals surface area contributed by atoms with Crippen molar-refractivity contribution in [2.75, 3.05) is 12.4 Å². The van der Waals surface area contributed by atoms with Gasteiger partial charge in [0.2, 0.25) is 5.95 Å². The number of halogens is 3. The average Bonchev–Trinajstić information content (AvgIpc) is 2.85. The maximum atomic E-state index is 14.5. The van der Waals surface area contributed by atoms with Gasteiger partial charge in [0.05, 0.1) is 28.5 Å². The van der Waals surface area contributed by atoms with E-state index >= 15 is 0 Å². The number of rotatable bonds is 5. The van der Waals surface area contributed by atoms with Gasteiger partial charge in [-0.1, -0.05) is 11.6 Å². The maximum Gasteiger partial charge on any atom is 0.263 e. The Morgan fingerprint density at radius 2 is 1.81 bits per heavy atom. The largest absolute Gasteiger partial charge is 0.355 e. The fraction of sp³-hybridized carbons (Fsp3) is 0.308. The summed E-state index contributed by atoms with van der Waals surface area (Å²) in [5.41, 5.74) is 0.987. The van der Waals surface area contributed by atoms with E-state index in [9.17, 15) is 23.2 Å². The topological polar surface area (TPSA) is 96.3 Å². The molecule has 11 heteroatoms. The molecular formula is C26H26ClF2N5O3. The first kappa shape index (κ1) is 26.3. The molecule has 1 aromatic heterocycles. The van der Waals surface area contributed by atoms with Crippen molar-refractivity contribution in [1.82, 2.24) is 19.8 Å². The minimum absolute atomic E-state index is 0.0581. The molecule has 1 aliphatic rings. The van der Waals surface area contributed by atoms with Gasteiger partial charge in [0.15, 0.2) is 0 Å². The first-order valence-electron chi connectivity index (χ1n) is 11.7. The Hall–Kier alpha value is -3.79. The number of nitrogens with one attached hydrogen (secondary N) is 2. The average molecular weight is 530 g/mol. The third kappa shape index (κ3) is 5.06. The van der Waals surface area contributed by atoms with Crippen LogP contribution in [0.3, 0.4) is 0 Å². The number of aromatic nitrogens is 2. The molecule has 4 rings (SSSR count). The van der Waals surface area contributed by atoms with E-state index in [0.717, 1.165) is 12.1 Å². The van der Waals surface area contributed by atoms with Crippen molar-refractivity contribution >= 4 is 29.4 Å². The SMILES string of the molecule is CNC(=O)c1ccc(-n2c(NC(C)C)nc3c(c2=O)C[C@@H](C)N(C(=O)c2cc(F)c(Cl)cc2F)C3)cc1. The second-order valence-electron chi connectivity index (χ2n) is 9.16. The van der Waals surface area contributed by atoms with Crippen molar-refractivity contribution in [3.63, 3.8) is 0 Å². The molecule has 3 aromatic rings. The molecule has 0 aliphatic carbocycles. The van der Waals surface area contributed by atoms with Crippen LogP contribution in [0.15, 0.2) is 41.2 Å². The highest BCUT2D eigenvalue weighted by Crippen LogP contribution is 2.27. The summed E-state index contributed by atoms with van der Waals surface area (Å²) in [6, 6.07) is 7.53. The normalized spacial score (nSPS) is 14.9. The summed E-state index contributed by atoms with van der Waals surface area (Å²) >= 11 is 5.63. The summed E-state index contributed by atoms with van der Waals surface area (Å²) in [4.78, 5) is 44.8. The highest BCUT2D eigenvalue weighted by Gasteiger charge is 2.33. The number of carbonyl (C=O) groups is 2. The van der Waals surface area contributed by atoms with Crippen LogP contribution in [0.25, 0.3) is 5.69 Å². The second kappa shape index (κ2) is 10.3. The smallest absolute Gasteiger partial charge is 0.263 e. The fourth-order valence-electron chi connectivity index (χ4n) is 4.27. The number of carbonyl (C=O) groups excluding carboxylic acids is 2. The molecule has 0 saturated heterocycles. The first-order valence-corrected chi connectivity index (χ1v) is 12.1. The van der Waals surface area contributed by atoms with E-state index in [1.807, 2.05) is 13.8 Å². The Labute approximate surface area is 217 Å². The number of fused-ring (bicyclic) bond motifs is 1. The summed E-state index contributed by atoms with van der Waals surface area (Å²) in [5, 5.41) is 5.30. The van der Waals surface area contributed by atoms with Gasteiger partial charge in [-0.05, 0) is 63.6 Å². The predicted molar refractivity (Wildman–Crippen MR) is 136 cm³/mol. The number of hydrogen-bond donors (Lipinski definition) is 2. The number of nitrogens with zero attached hydrogens (tertiary/aromatic N) is 3. The molecule has 1 aliphatic heterocycles. The van der Waals surface area contributed by atoms with Crippen molar-refractivity contribution < 1.29 is 18.4 Å². The van der Waals surface area contributed by atoms with Gasteiger partial charge in [-0.2, -0.15) is 0 Å². The Morgan fingerprint density at radius 3 is 2.43 bits per heavy atom. The molecule has 2 N–H and O–H groups in total. The van der Waals surface area contributed by atoms with Crippen LogP contribution in [0, 0.1) is 11.6 Å². The zero-order chi connectivity index (χ0) is 27.0. The highest BCUT2D eigenvalue weighted by atomic mass is 35.5. The van der Waals surface area contributed by atoms with E-state index in [1.165, 1.54) is 16.5 Å². The summed E-state index contributed by atoms with van der Waals surface area (Å²) in [6.07, 6.45) is 0.170. The van der Waals surface area contributed by atoms with Crippen LogP contribution >= 0.6 is 11.6 Å². The summed E-state index contributed by atoms with van der Waals surface area (Å²) < 4.78 is 29.9. The number of amides is 2. The Bertz CT molecular complexity index is 1440. The molecule has 0 unspecified atom stereocenters. The van der Waals surface area contributed by atoms with E-state index in [2.05, 4.69) is 15.6 Å². The van der Waals surface area contributed by atoms with E-state index in [0.29, 0.717) is 22.5 Å². The van der Waals surface area contributed by atoms with Crippen LogP contribution in [-0.2, 0) is 13.0 Å². The fourth-order valence-corrected chi connectivity index (χ4v) is 4.42. The van der Waals surface area contributed by atoms with Gasteiger partial charge in [0.25, 0.3) is 17.4 Å². The lowest BCUT2D eigenvalue weighted by atomic mass is 9.98. The maximum absolute atomic E-state index is 14.5. The van der Waals surface area contributed by atoms with E-state index in [-0.39, 0.29) is 36.4 Å². The van der Waals surface area contributed by atoms with Crippen LogP contribution < -0.4 is 16.2 Å². The monoisotopic (exact) mass is 529 g/mol. The second-order valence-corrected chi connectivity index (χ2v) is 9.57. The molecule has 0 bridgehead atoms. The van der Waals surface area contributed by atoms with Gasteiger partial charge in [0.1, 0.15) is 11.6 Å². The van der Waals surface area contributed by atoms with Crippen LogP contribution in [0.2, 0.25) is 5.02 Å². The van der Waals surface area contributed by atoms with Gasteiger partial charge >= 0.3 is 0 Å². The zero-order valence-electron chi connectivity index (χ0n) is 20.7. The summed E-state index contributed by atoms with van der Waals surface area (Å²) in [6.45, 7) is 5.45. The summed E-state index contributed by atoms with van der Waals surface area (Å²) in [7, 11) is 1.53. The number of benzene rings is 2. The third-order valence-corrected chi connectivity index (χ3v) is 6.44. The molecule has 2 amide bonds. The lowest BCUT2D eigenvalue weighted by Crippen LogP contribution is -2.46. The Balaban J connectivity index is 1.77. The molecule has 0 fully saturated rings. The molecule has 0 radical (unpaired) electrons. The third-order valence-electron chi connectivity index (χ3n) is 6.15. The van der Waals surface area contributed by atoms with Crippen LogP contribution in [0.1, 0.15) is 52.7 Å². The van der Waals surface area contributed by atoms with Crippen molar-refractivity contribution in [3.8, 4) is 5.69 Å². The molecule has 37 heavy (non-hydrogen) atoms. The van der Waals surface area contributed by atoms with Crippen molar-refractivity contribution in [3.05, 3.63) is 85.8 Å². The number of anilines is 1. The molecule has 8 nitrogen and oxygen atoms in total.